The summed E-state index contributed by atoms with van der Waals surface area (Å²) >= 11 is 0. The highest BCUT2D eigenvalue weighted by Crippen LogP contribution is 2.24. The topological polar surface area (TPSA) is 86.4 Å². The summed E-state index contributed by atoms with van der Waals surface area (Å²) in [4.78, 5) is 24.0. The molecular formula is C19H21N3O4. The van der Waals surface area contributed by atoms with E-state index >= 15 is 0 Å². The van der Waals surface area contributed by atoms with Crippen LogP contribution in [0, 0.1) is 13.8 Å². The van der Waals surface area contributed by atoms with Gasteiger partial charge in [0.1, 0.15) is 11.3 Å². The van der Waals surface area contributed by atoms with Crippen molar-refractivity contribution in [3.05, 3.63) is 57.7 Å². The molecule has 1 amide bonds. The molecule has 7 heteroatoms. The van der Waals surface area contributed by atoms with Gasteiger partial charge in [-0.15, -0.1) is 0 Å². The first-order valence-corrected chi connectivity index (χ1v) is 8.31. The van der Waals surface area contributed by atoms with E-state index in [9.17, 15) is 9.59 Å². The summed E-state index contributed by atoms with van der Waals surface area (Å²) in [5, 5.41) is 7.71. The van der Waals surface area contributed by atoms with Gasteiger partial charge in [0, 0.05) is 42.4 Å². The fourth-order valence-corrected chi connectivity index (χ4v) is 2.66. The van der Waals surface area contributed by atoms with Crippen molar-refractivity contribution in [1.29, 1.82) is 0 Å². The Bertz CT molecular complexity index is 1020. The van der Waals surface area contributed by atoms with Crippen molar-refractivity contribution in [1.82, 2.24) is 15.1 Å². The molecule has 26 heavy (non-hydrogen) atoms. The highest BCUT2D eigenvalue weighted by Gasteiger charge is 2.16. The Morgan fingerprint density at radius 3 is 2.81 bits per heavy atom. The molecule has 0 bridgehead atoms. The number of benzene rings is 1. The molecule has 1 N–H and O–H groups in total. The van der Waals surface area contributed by atoms with Crippen LogP contribution in [0.15, 0.2) is 39.8 Å². The van der Waals surface area contributed by atoms with Crippen molar-refractivity contribution < 1.29 is 13.9 Å². The smallest absolute Gasteiger partial charge is 0.339 e. The Kier molecular flexibility index (Phi) is 4.79. The highest BCUT2D eigenvalue weighted by molar-refractivity contribution is 5.83. The van der Waals surface area contributed by atoms with E-state index < -0.39 is 6.10 Å². The third-order valence-corrected chi connectivity index (χ3v) is 4.34. The maximum absolute atomic E-state index is 12.2. The first-order chi connectivity index (χ1) is 12.3. The van der Waals surface area contributed by atoms with Gasteiger partial charge >= 0.3 is 5.63 Å². The van der Waals surface area contributed by atoms with Crippen LogP contribution < -0.4 is 15.7 Å². The van der Waals surface area contributed by atoms with Crippen LogP contribution >= 0.6 is 0 Å². The number of carbonyl (C=O) groups is 1. The summed E-state index contributed by atoms with van der Waals surface area (Å²) in [5.41, 5.74) is 2.46. The minimum absolute atomic E-state index is 0.240. The number of hydrogen-bond donors (Lipinski definition) is 1. The number of hydrogen-bond acceptors (Lipinski definition) is 5. The second-order valence-corrected chi connectivity index (χ2v) is 6.30. The maximum Gasteiger partial charge on any atom is 0.339 e. The minimum Gasteiger partial charge on any atom is -0.481 e. The van der Waals surface area contributed by atoms with Gasteiger partial charge in [0.15, 0.2) is 6.10 Å². The lowest BCUT2D eigenvalue weighted by atomic mass is 10.1. The fourth-order valence-electron chi connectivity index (χ4n) is 2.66. The van der Waals surface area contributed by atoms with Crippen LogP contribution in [-0.2, 0) is 18.4 Å². The van der Waals surface area contributed by atoms with Crippen molar-refractivity contribution in [2.45, 2.75) is 33.4 Å². The van der Waals surface area contributed by atoms with E-state index in [1.165, 1.54) is 0 Å². The summed E-state index contributed by atoms with van der Waals surface area (Å²) in [6.45, 7) is 5.66. The molecule has 136 valence electrons. The Morgan fingerprint density at radius 2 is 2.12 bits per heavy atom. The maximum atomic E-state index is 12.2. The van der Waals surface area contributed by atoms with Crippen molar-refractivity contribution in [2.24, 2.45) is 7.05 Å². The SMILES string of the molecule is Cc1c(C)c2ccc(OC(C)C(=O)NCc3cnn(C)c3)cc2oc1=O. The molecule has 3 aromatic rings. The second-order valence-electron chi connectivity index (χ2n) is 6.30. The Morgan fingerprint density at radius 1 is 1.35 bits per heavy atom. The van der Waals surface area contributed by atoms with Gasteiger partial charge in [0.2, 0.25) is 0 Å². The summed E-state index contributed by atoms with van der Waals surface area (Å²) in [6.07, 6.45) is 2.84. The predicted molar refractivity (Wildman–Crippen MR) is 97.1 cm³/mol. The zero-order chi connectivity index (χ0) is 18.8. The quantitative estimate of drug-likeness (QED) is 0.709. The van der Waals surface area contributed by atoms with Crippen LogP contribution in [0.4, 0.5) is 0 Å². The molecule has 7 nitrogen and oxygen atoms in total. The molecule has 0 aliphatic heterocycles. The van der Waals surface area contributed by atoms with E-state index in [-0.39, 0.29) is 11.5 Å². The number of ether oxygens (including phenoxy) is 1. The monoisotopic (exact) mass is 355 g/mol. The van der Waals surface area contributed by atoms with Crippen molar-refractivity contribution in [2.75, 3.05) is 0 Å². The lowest BCUT2D eigenvalue weighted by Crippen LogP contribution is -2.35. The Balaban J connectivity index is 1.70. The molecule has 2 aromatic heterocycles. The first kappa shape index (κ1) is 17.7. The van der Waals surface area contributed by atoms with Gasteiger partial charge in [-0.1, -0.05) is 0 Å². The van der Waals surface area contributed by atoms with E-state index in [0.29, 0.717) is 23.4 Å². The van der Waals surface area contributed by atoms with E-state index in [1.54, 1.807) is 36.9 Å². The van der Waals surface area contributed by atoms with Gasteiger partial charge in [0.05, 0.1) is 6.20 Å². The van der Waals surface area contributed by atoms with Crippen molar-refractivity contribution in [3.8, 4) is 5.75 Å². The molecular weight excluding hydrogens is 334 g/mol. The summed E-state index contributed by atoms with van der Waals surface area (Å²) in [7, 11) is 1.82. The third kappa shape index (κ3) is 3.61. The second kappa shape index (κ2) is 7.03. The van der Waals surface area contributed by atoms with Crippen molar-refractivity contribution in [3.63, 3.8) is 0 Å². The zero-order valence-electron chi connectivity index (χ0n) is 15.2. The van der Waals surface area contributed by atoms with Gasteiger partial charge < -0.3 is 14.5 Å². The highest BCUT2D eigenvalue weighted by atomic mass is 16.5. The van der Waals surface area contributed by atoms with Crippen LogP contribution in [0.5, 0.6) is 5.75 Å². The summed E-state index contributed by atoms with van der Waals surface area (Å²) < 4.78 is 12.7. The summed E-state index contributed by atoms with van der Waals surface area (Å²) in [5.74, 6) is 0.225. The molecule has 0 saturated carbocycles. The number of aryl methyl sites for hydroxylation is 2. The van der Waals surface area contributed by atoms with Crippen LogP contribution in [0.1, 0.15) is 23.6 Å². The lowest BCUT2D eigenvalue weighted by molar-refractivity contribution is -0.127. The van der Waals surface area contributed by atoms with Gasteiger partial charge in [-0.05, 0) is 38.5 Å². The Hall–Kier alpha value is -3.09. The molecule has 0 aliphatic rings. The van der Waals surface area contributed by atoms with E-state index in [2.05, 4.69) is 10.4 Å². The molecule has 0 spiro atoms. The van der Waals surface area contributed by atoms with Gasteiger partial charge in [-0.2, -0.15) is 5.10 Å². The number of amides is 1. The number of aromatic nitrogens is 2. The van der Waals surface area contributed by atoms with Crippen LogP contribution in [-0.4, -0.2) is 21.8 Å². The average Bonchev–Trinajstić information content (AvgIpc) is 3.03. The van der Waals surface area contributed by atoms with Gasteiger partial charge in [0.25, 0.3) is 5.91 Å². The Labute approximate surface area is 150 Å². The minimum atomic E-state index is -0.692. The van der Waals surface area contributed by atoms with E-state index in [1.807, 2.05) is 26.2 Å². The molecule has 0 saturated heterocycles. The molecule has 2 heterocycles. The molecule has 0 fully saturated rings. The molecule has 0 radical (unpaired) electrons. The van der Waals surface area contributed by atoms with Crippen molar-refractivity contribution >= 4 is 16.9 Å². The number of nitrogens with zero attached hydrogens (tertiary/aromatic N) is 2. The zero-order valence-corrected chi connectivity index (χ0v) is 15.2. The number of carbonyl (C=O) groups excluding carboxylic acids is 1. The summed E-state index contributed by atoms with van der Waals surface area (Å²) in [6, 6.07) is 5.23. The number of rotatable bonds is 5. The van der Waals surface area contributed by atoms with Crippen LogP contribution in [0.2, 0.25) is 0 Å². The number of nitrogens with one attached hydrogen (secondary N) is 1. The number of fused-ring (bicyclic) bond motifs is 1. The molecule has 3 rings (SSSR count). The first-order valence-electron chi connectivity index (χ1n) is 8.31. The molecule has 1 atom stereocenters. The van der Waals surface area contributed by atoms with E-state index in [0.717, 1.165) is 16.5 Å². The van der Waals surface area contributed by atoms with Gasteiger partial charge in [-0.25, -0.2) is 4.79 Å². The third-order valence-electron chi connectivity index (χ3n) is 4.34. The van der Waals surface area contributed by atoms with Gasteiger partial charge in [-0.3, -0.25) is 9.48 Å². The molecule has 0 aliphatic carbocycles. The molecule has 1 aromatic carbocycles. The molecule has 1 unspecified atom stereocenters. The van der Waals surface area contributed by atoms with Crippen LogP contribution in [0.25, 0.3) is 11.0 Å². The van der Waals surface area contributed by atoms with E-state index in [4.69, 9.17) is 9.15 Å². The predicted octanol–water partition coefficient (Wildman–Crippen LogP) is 2.23. The largest absolute Gasteiger partial charge is 0.481 e. The lowest BCUT2D eigenvalue weighted by Gasteiger charge is -2.15. The normalized spacial score (nSPS) is 12.2. The van der Waals surface area contributed by atoms with Crippen LogP contribution in [0.3, 0.4) is 0 Å². The standard InChI is InChI=1S/C19H21N3O4/c1-11-12(2)19(24)26-17-7-15(5-6-16(11)17)25-13(3)18(23)20-8-14-9-21-22(4)10-14/h5-7,9-10,13H,8H2,1-4H3,(H,20,23). The average molecular weight is 355 g/mol. The fraction of sp³-hybridized carbons (Fsp3) is 0.316.